The van der Waals surface area contributed by atoms with Gasteiger partial charge in [0.2, 0.25) is 0 Å². The molecular formula is C14H19N3. The van der Waals surface area contributed by atoms with Crippen molar-refractivity contribution >= 4 is 11.4 Å². The maximum absolute atomic E-state index is 8.80. The van der Waals surface area contributed by atoms with E-state index in [9.17, 15) is 0 Å². The summed E-state index contributed by atoms with van der Waals surface area (Å²) >= 11 is 0. The Hall–Kier alpha value is -1.69. The van der Waals surface area contributed by atoms with Gasteiger partial charge in [0.1, 0.15) is 6.07 Å². The summed E-state index contributed by atoms with van der Waals surface area (Å²) in [6, 6.07) is 7.61. The number of nitriles is 1. The van der Waals surface area contributed by atoms with Crippen LogP contribution in [0.1, 0.15) is 38.2 Å². The van der Waals surface area contributed by atoms with Crippen molar-refractivity contribution in [3.05, 3.63) is 23.8 Å². The summed E-state index contributed by atoms with van der Waals surface area (Å²) in [7, 11) is 0. The number of nitrogens with two attached hydrogens (primary N) is 1. The number of hydrogen-bond acceptors (Lipinski definition) is 3. The Morgan fingerprint density at radius 2 is 2.12 bits per heavy atom. The van der Waals surface area contributed by atoms with E-state index in [-0.39, 0.29) is 0 Å². The lowest BCUT2D eigenvalue weighted by atomic mass is 9.89. The van der Waals surface area contributed by atoms with Crippen LogP contribution in [0.15, 0.2) is 18.2 Å². The van der Waals surface area contributed by atoms with Gasteiger partial charge in [-0.3, -0.25) is 0 Å². The van der Waals surface area contributed by atoms with Gasteiger partial charge >= 0.3 is 0 Å². The predicted molar refractivity (Wildman–Crippen MR) is 70.6 cm³/mol. The zero-order valence-corrected chi connectivity index (χ0v) is 10.3. The molecule has 1 aromatic rings. The largest absolute Gasteiger partial charge is 0.398 e. The van der Waals surface area contributed by atoms with Crippen LogP contribution in [0.2, 0.25) is 0 Å². The average Bonchev–Trinajstić information content (AvgIpc) is 2.74. The van der Waals surface area contributed by atoms with E-state index in [2.05, 4.69) is 18.3 Å². The fourth-order valence-corrected chi connectivity index (χ4v) is 2.50. The van der Waals surface area contributed by atoms with Crippen LogP contribution in [-0.2, 0) is 0 Å². The Kier molecular flexibility index (Phi) is 3.23. The van der Waals surface area contributed by atoms with E-state index in [1.165, 1.54) is 25.7 Å². The first-order valence-corrected chi connectivity index (χ1v) is 6.16. The molecule has 0 aliphatic heterocycles. The monoisotopic (exact) mass is 229 g/mol. The summed E-state index contributed by atoms with van der Waals surface area (Å²) in [5.41, 5.74) is 8.31. The van der Waals surface area contributed by atoms with Crippen LogP contribution in [0.3, 0.4) is 0 Å². The Morgan fingerprint density at radius 1 is 1.41 bits per heavy atom. The third kappa shape index (κ3) is 2.71. The number of nitrogens with zero attached hydrogens (tertiary/aromatic N) is 1. The van der Waals surface area contributed by atoms with E-state index in [1.807, 2.05) is 12.1 Å². The molecule has 1 fully saturated rings. The van der Waals surface area contributed by atoms with Crippen LogP contribution < -0.4 is 11.1 Å². The van der Waals surface area contributed by atoms with Crippen molar-refractivity contribution in [1.29, 1.82) is 5.26 Å². The molecule has 2 rings (SSSR count). The van der Waals surface area contributed by atoms with E-state index in [0.717, 1.165) is 12.2 Å². The smallest absolute Gasteiger partial charge is 0.101 e. The molecular weight excluding hydrogens is 210 g/mol. The van der Waals surface area contributed by atoms with Crippen molar-refractivity contribution < 1.29 is 0 Å². The molecule has 0 unspecified atom stereocenters. The topological polar surface area (TPSA) is 61.8 Å². The normalized spacial score (nSPS) is 17.6. The molecule has 0 heterocycles. The maximum Gasteiger partial charge on any atom is 0.101 e. The molecule has 0 spiro atoms. The molecule has 0 saturated heterocycles. The summed E-state index contributed by atoms with van der Waals surface area (Å²) in [5, 5.41) is 12.2. The second kappa shape index (κ2) is 4.67. The lowest BCUT2D eigenvalue weighted by Gasteiger charge is -2.24. The van der Waals surface area contributed by atoms with Gasteiger partial charge in [0.05, 0.1) is 11.3 Å². The van der Waals surface area contributed by atoms with Crippen molar-refractivity contribution in [2.24, 2.45) is 5.41 Å². The van der Waals surface area contributed by atoms with Crippen LogP contribution in [0.5, 0.6) is 0 Å². The van der Waals surface area contributed by atoms with Crippen LogP contribution in [0.4, 0.5) is 11.4 Å². The van der Waals surface area contributed by atoms with Crippen LogP contribution in [-0.4, -0.2) is 6.54 Å². The second-order valence-corrected chi connectivity index (χ2v) is 5.29. The summed E-state index contributed by atoms with van der Waals surface area (Å²) in [4.78, 5) is 0. The molecule has 3 N–H and O–H groups in total. The quantitative estimate of drug-likeness (QED) is 0.783. The lowest BCUT2D eigenvalue weighted by Crippen LogP contribution is -2.22. The zero-order valence-electron chi connectivity index (χ0n) is 10.3. The van der Waals surface area contributed by atoms with E-state index >= 15 is 0 Å². The highest BCUT2D eigenvalue weighted by Gasteiger charge is 2.28. The minimum atomic E-state index is 0.419. The van der Waals surface area contributed by atoms with Gasteiger partial charge in [-0.1, -0.05) is 19.8 Å². The highest BCUT2D eigenvalue weighted by molar-refractivity contribution is 5.62. The Labute approximate surface area is 103 Å². The van der Waals surface area contributed by atoms with Crippen LogP contribution >= 0.6 is 0 Å². The van der Waals surface area contributed by atoms with Gasteiger partial charge in [-0.15, -0.1) is 0 Å². The molecule has 0 amide bonds. The fraction of sp³-hybridized carbons (Fsp3) is 0.500. The van der Waals surface area contributed by atoms with Crippen molar-refractivity contribution in [3.8, 4) is 6.07 Å². The first-order chi connectivity index (χ1) is 8.13. The second-order valence-electron chi connectivity index (χ2n) is 5.29. The molecule has 3 heteroatoms. The third-order valence-electron chi connectivity index (χ3n) is 3.70. The summed E-state index contributed by atoms with van der Waals surface area (Å²) in [5.74, 6) is 0. The Morgan fingerprint density at radius 3 is 2.71 bits per heavy atom. The zero-order chi connectivity index (χ0) is 12.3. The SMILES string of the molecule is CC1(CNc2ccc(C#N)c(N)c2)CCCC1. The van der Waals surface area contributed by atoms with Crippen LogP contribution in [0, 0.1) is 16.7 Å². The highest BCUT2D eigenvalue weighted by atomic mass is 14.9. The molecule has 0 aromatic heterocycles. The molecule has 1 saturated carbocycles. The van der Waals surface area contributed by atoms with E-state index in [4.69, 9.17) is 11.0 Å². The van der Waals surface area contributed by atoms with E-state index in [1.54, 1.807) is 6.07 Å². The molecule has 90 valence electrons. The first kappa shape index (κ1) is 11.8. The minimum absolute atomic E-state index is 0.419. The molecule has 1 aliphatic carbocycles. The first-order valence-electron chi connectivity index (χ1n) is 6.16. The molecule has 0 atom stereocenters. The van der Waals surface area contributed by atoms with Gasteiger partial charge in [-0.25, -0.2) is 0 Å². The number of anilines is 2. The predicted octanol–water partition coefficient (Wildman–Crippen LogP) is 3.13. The van der Waals surface area contributed by atoms with Gasteiger partial charge in [0.15, 0.2) is 0 Å². The standard InChI is InChI=1S/C14H19N3/c1-14(6-2-3-7-14)10-17-12-5-4-11(9-15)13(16)8-12/h4-5,8,17H,2-3,6-7,10,16H2,1H3. The Bertz CT molecular complexity index is 439. The maximum atomic E-state index is 8.80. The lowest BCUT2D eigenvalue weighted by molar-refractivity contribution is 0.362. The van der Waals surface area contributed by atoms with E-state index in [0.29, 0.717) is 16.7 Å². The number of benzene rings is 1. The van der Waals surface area contributed by atoms with Gasteiger partial charge in [0, 0.05) is 12.2 Å². The third-order valence-corrected chi connectivity index (χ3v) is 3.70. The molecule has 1 aliphatic rings. The highest BCUT2D eigenvalue weighted by Crippen LogP contribution is 2.37. The van der Waals surface area contributed by atoms with Crippen molar-refractivity contribution in [3.63, 3.8) is 0 Å². The fourth-order valence-electron chi connectivity index (χ4n) is 2.50. The molecule has 1 aromatic carbocycles. The average molecular weight is 229 g/mol. The number of hydrogen-bond donors (Lipinski definition) is 2. The molecule has 0 radical (unpaired) electrons. The summed E-state index contributed by atoms with van der Waals surface area (Å²) in [6.07, 6.45) is 5.28. The molecule has 0 bridgehead atoms. The summed E-state index contributed by atoms with van der Waals surface area (Å²) < 4.78 is 0. The summed E-state index contributed by atoms with van der Waals surface area (Å²) in [6.45, 7) is 3.32. The van der Waals surface area contributed by atoms with Crippen molar-refractivity contribution in [2.45, 2.75) is 32.6 Å². The number of nitrogens with one attached hydrogen (secondary N) is 1. The number of nitrogen functional groups attached to an aromatic ring is 1. The minimum Gasteiger partial charge on any atom is -0.398 e. The molecule has 17 heavy (non-hydrogen) atoms. The van der Waals surface area contributed by atoms with Crippen molar-refractivity contribution in [2.75, 3.05) is 17.6 Å². The van der Waals surface area contributed by atoms with Gasteiger partial charge in [-0.05, 0) is 36.5 Å². The van der Waals surface area contributed by atoms with Crippen LogP contribution in [0.25, 0.3) is 0 Å². The molecule has 3 nitrogen and oxygen atoms in total. The van der Waals surface area contributed by atoms with E-state index < -0.39 is 0 Å². The van der Waals surface area contributed by atoms with Gasteiger partial charge in [-0.2, -0.15) is 5.26 Å². The Balaban J connectivity index is 2.00. The van der Waals surface area contributed by atoms with Gasteiger partial charge < -0.3 is 11.1 Å². The van der Waals surface area contributed by atoms with Crippen molar-refractivity contribution in [1.82, 2.24) is 0 Å². The van der Waals surface area contributed by atoms with Gasteiger partial charge in [0.25, 0.3) is 0 Å². The number of rotatable bonds is 3.